The second-order valence-corrected chi connectivity index (χ2v) is 5.76. The molecule has 26 heavy (non-hydrogen) atoms. The number of hydrogen-bond donors (Lipinski definition) is 1. The molecule has 0 aliphatic carbocycles. The number of ether oxygens (including phenoxy) is 3. The first-order valence-electron chi connectivity index (χ1n) is 7.61. The SMILES string of the molecule is N#Cc1ccc(Cl)cc1NC(=O)COC(=O)[C@@H]1COc2ccccc2O1. The molecule has 2 aromatic carbocycles. The van der Waals surface area contributed by atoms with Gasteiger partial charge in [-0.2, -0.15) is 5.26 Å². The summed E-state index contributed by atoms with van der Waals surface area (Å²) in [5, 5.41) is 11.9. The van der Waals surface area contributed by atoms with Crippen molar-refractivity contribution in [2.45, 2.75) is 6.10 Å². The first-order chi connectivity index (χ1) is 12.6. The predicted molar refractivity (Wildman–Crippen MR) is 92.1 cm³/mol. The topological polar surface area (TPSA) is 97.7 Å². The Morgan fingerprint density at radius 2 is 2.04 bits per heavy atom. The predicted octanol–water partition coefficient (Wildman–Crippen LogP) is 2.53. The van der Waals surface area contributed by atoms with E-state index in [9.17, 15) is 9.59 Å². The van der Waals surface area contributed by atoms with Crippen LogP contribution < -0.4 is 14.8 Å². The third kappa shape index (κ3) is 4.05. The number of para-hydroxylation sites is 2. The van der Waals surface area contributed by atoms with Gasteiger partial charge in [-0.05, 0) is 30.3 Å². The van der Waals surface area contributed by atoms with E-state index in [1.165, 1.54) is 18.2 Å². The number of esters is 1. The Hall–Kier alpha value is -3.24. The number of hydrogen-bond acceptors (Lipinski definition) is 6. The summed E-state index contributed by atoms with van der Waals surface area (Å²) < 4.78 is 15.9. The van der Waals surface area contributed by atoms with E-state index in [1.807, 2.05) is 6.07 Å². The first kappa shape index (κ1) is 17.6. The summed E-state index contributed by atoms with van der Waals surface area (Å²) in [5.74, 6) is -0.350. The average Bonchev–Trinajstić information content (AvgIpc) is 2.66. The maximum Gasteiger partial charge on any atom is 0.351 e. The molecule has 0 spiro atoms. The first-order valence-corrected chi connectivity index (χ1v) is 7.99. The molecule has 0 aromatic heterocycles. The molecule has 0 unspecified atom stereocenters. The molecule has 7 nitrogen and oxygen atoms in total. The number of halogens is 1. The number of carbonyl (C=O) groups excluding carboxylic acids is 2. The second-order valence-electron chi connectivity index (χ2n) is 5.32. The summed E-state index contributed by atoms with van der Waals surface area (Å²) in [7, 11) is 0. The van der Waals surface area contributed by atoms with Crippen molar-refractivity contribution in [2.75, 3.05) is 18.5 Å². The molecule has 2 aromatic rings. The van der Waals surface area contributed by atoms with Crippen molar-refractivity contribution >= 4 is 29.2 Å². The van der Waals surface area contributed by atoms with Crippen molar-refractivity contribution in [1.29, 1.82) is 5.26 Å². The van der Waals surface area contributed by atoms with Gasteiger partial charge in [-0.15, -0.1) is 0 Å². The molecule has 1 N–H and O–H groups in total. The van der Waals surface area contributed by atoms with Crippen LogP contribution >= 0.6 is 11.6 Å². The Morgan fingerprint density at radius 1 is 1.27 bits per heavy atom. The lowest BCUT2D eigenvalue weighted by atomic mass is 10.2. The van der Waals surface area contributed by atoms with Gasteiger partial charge in [0.2, 0.25) is 6.10 Å². The zero-order valence-corrected chi connectivity index (χ0v) is 14.2. The van der Waals surface area contributed by atoms with Gasteiger partial charge in [0.15, 0.2) is 18.1 Å². The normalized spacial score (nSPS) is 14.8. The van der Waals surface area contributed by atoms with Crippen molar-refractivity contribution in [3.8, 4) is 17.6 Å². The summed E-state index contributed by atoms with van der Waals surface area (Å²) in [5.41, 5.74) is 0.488. The molecule has 0 saturated heterocycles. The lowest BCUT2D eigenvalue weighted by Gasteiger charge is -2.24. The Morgan fingerprint density at radius 3 is 2.81 bits per heavy atom. The number of anilines is 1. The van der Waals surface area contributed by atoms with E-state index in [0.29, 0.717) is 16.5 Å². The maximum absolute atomic E-state index is 12.1. The number of amides is 1. The lowest BCUT2D eigenvalue weighted by Crippen LogP contribution is -2.39. The Balaban J connectivity index is 1.55. The number of rotatable bonds is 4. The highest BCUT2D eigenvalue weighted by atomic mass is 35.5. The van der Waals surface area contributed by atoms with E-state index in [4.69, 9.17) is 31.1 Å². The molecule has 0 radical (unpaired) electrons. The molecule has 0 bridgehead atoms. The van der Waals surface area contributed by atoms with E-state index in [2.05, 4.69) is 5.32 Å². The van der Waals surface area contributed by atoms with Gasteiger partial charge in [-0.3, -0.25) is 4.79 Å². The summed E-state index contributed by atoms with van der Waals surface area (Å²) in [6.07, 6.45) is -0.960. The van der Waals surface area contributed by atoms with Crippen molar-refractivity contribution in [2.24, 2.45) is 0 Å². The molecule has 0 fully saturated rings. The highest BCUT2D eigenvalue weighted by Gasteiger charge is 2.29. The van der Waals surface area contributed by atoms with Crippen LogP contribution in [0, 0.1) is 11.3 Å². The van der Waals surface area contributed by atoms with Gasteiger partial charge >= 0.3 is 5.97 Å². The smallest absolute Gasteiger partial charge is 0.351 e. The highest BCUT2D eigenvalue weighted by molar-refractivity contribution is 6.31. The van der Waals surface area contributed by atoms with Gasteiger partial charge in [-0.1, -0.05) is 23.7 Å². The number of benzene rings is 2. The summed E-state index contributed by atoms with van der Waals surface area (Å²) in [6, 6.07) is 13.3. The molecule has 1 heterocycles. The highest BCUT2D eigenvalue weighted by Crippen LogP contribution is 2.31. The van der Waals surface area contributed by atoms with Gasteiger partial charge in [0.1, 0.15) is 12.7 Å². The fourth-order valence-electron chi connectivity index (χ4n) is 2.27. The van der Waals surface area contributed by atoms with Crippen molar-refractivity contribution in [1.82, 2.24) is 0 Å². The van der Waals surface area contributed by atoms with Gasteiger partial charge in [0.25, 0.3) is 5.91 Å². The standard InChI is InChI=1S/C18H13ClN2O5/c19-12-6-5-11(8-20)13(7-12)21-17(22)10-25-18(23)16-9-24-14-3-1-2-4-15(14)26-16/h1-7,16H,9-10H2,(H,21,22)/t16-/m0/s1. The molecule has 1 atom stereocenters. The minimum Gasteiger partial charge on any atom is -0.485 e. The van der Waals surface area contributed by atoms with E-state index in [-0.39, 0.29) is 17.9 Å². The largest absolute Gasteiger partial charge is 0.485 e. The molecule has 1 aliphatic heterocycles. The summed E-state index contributed by atoms with van der Waals surface area (Å²) >= 11 is 5.85. The zero-order chi connectivity index (χ0) is 18.5. The van der Waals surface area contributed by atoms with Gasteiger partial charge in [0, 0.05) is 5.02 Å². The van der Waals surface area contributed by atoms with Gasteiger partial charge in [-0.25, -0.2) is 4.79 Å². The van der Waals surface area contributed by atoms with E-state index < -0.39 is 24.6 Å². The van der Waals surface area contributed by atoms with Crippen LogP contribution in [0.4, 0.5) is 5.69 Å². The lowest BCUT2D eigenvalue weighted by molar-refractivity contribution is -0.156. The van der Waals surface area contributed by atoms with E-state index in [0.717, 1.165) is 0 Å². The molecule has 1 amide bonds. The van der Waals surface area contributed by atoms with Crippen molar-refractivity contribution in [3.63, 3.8) is 0 Å². The third-order valence-electron chi connectivity index (χ3n) is 3.49. The Bertz CT molecular complexity index is 893. The van der Waals surface area contributed by atoms with Crippen LogP contribution in [0.1, 0.15) is 5.56 Å². The fraction of sp³-hybridized carbons (Fsp3) is 0.167. The minimum atomic E-state index is -0.960. The zero-order valence-electron chi connectivity index (χ0n) is 13.4. The number of fused-ring (bicyclic) bond motifs is 1. The molecule has 3 rings (SSSR count). The van der Waals surface area contributed by atoms with Crippen LogP contribution in [0.2, 0.25) is 5.02 Å². The Labute approximate surface area is 154 Å². The maximum atomic E-state index is 12.1. The van der Waals surface area contributed by atoms with Crippen LogP contribution in [-0.4, -0.2) is 31.2 Å². The molecule has 132 valence electrons. The molecular weight excluding hydrogens is 360 g/mol. The van der Waals surface area contributed by atoms with Crippen molar-refractivity contribution < 1.29 is 23.8 Å². The fourth-order valence-corrected chi connectivity index (χ4v) is 2.44. The van der Waals surface area contributed by atoms with Crippen LogP contribution in [0.25, 0.3) is 0 Å². The van der Waals surface area contributed by atoms with Crippen LogP contribution in [-0.2, 0) is 14.3 Å². The van der Waals surface area contributed by atoms with E-state index >= 15 is 0 Å². The quantitative estimate of drug-likeness (QED) is 0.828. The summed E-state index contributed by atoms with van der Waals surface area (Å²) in [4.78, 5) is 24.0. The average molecular weight is 373 g/mol. The Kier molecular flexibility index (Phi) is 5.25. The monoisotopic (exact) mass is 372 g/mol. The number of nitrogens with zero attached hydrogens (tertiary/aromatic N) is 1. The number of nitrogens with one attached hydrogen (secondary N) is 1. The molecule has 8 heteroatoms. The molecular formula is C18H13ClN2O5. The molecule has 0 saturated carbocycles. The van der Waals surface area contributed by atoms with Crippen molar-refractivity contribution in [3.05, 3.63) is 53.1 Å². The van der Waals surface area contributed by atoms with Gasteiger partial charge in [0.05, 0.1) is 11.3 Å². The summed E-state index contributed by atoms with van der Waals surface area (Å²) in [6.45, 7) is -0.540. The number of nitriles is 1. The number of carbonyl (C=O) groups is 2. The van der Waals surface area contributed by atoms with Crippen LogP contribution in [0.5, 0.6) is 11.5 Å². The molecule has 1 aliphatic rings. The van der Waals surface area contributed by atoms with Gasteiger partial charge < -0.3 is 19.5 Å². The minimum absolute atomic E-state index is 0.00958. The van der Waals surface area contributed by atoms with E-state index in [1.54, 1.807) is 24.3 Å². The second kappa shape index (κ2) is 7.76. The van der Waals surface area contributed by atoms with Crippen LogP contribution in [0.15, 0.2) is 42.5 Å². The third-order valence-corrected chi connectivity index (χ3v) is 3.73. The van der Waals surface area contributed by atoms with Crippen LogP contribution in [0.3, 0.4) is 0 Å².